The summed E-state index contributed by atoms with van der Waals surface area (Å²) >= 11 is 6.00. The monoisotopic (exact) mass is 478 g/mol. The summed E-state index contributed by atoms with van der Waals surface area (Å²) in [6, 6.07) is 11.3. The number of alkyl carbamates (subject to hydrolysis) is 1. The summed E-state index contributed by atoms with van der Waals surface area (Å²) in [6.07, 6.45) is 0.136. The predicted molar refractivity (Wildman–Crippen MR) is 128 cm³/mol. The van der Waals surface area contributed by atoms with Crippen molar-refractivity contribution in [2.75, 3.05) is 13.2 Å². The van der Waals surface area contributed by atoms with Crippen LogP contribution in [0.25, 0.3) is 11.1 Å². The highest BCUT2D eigenvalue weighted by molar-refractivity contribution is 6.30. The van der Waals surface area contributed by atoms with E-state index in [9.17, 15) is 14.0 Å². The van der Waals surface area contributed by atoms with Gasteiger partial charge in [-0.05, 0) is 69.9 Å². The summed E-state index contributed by atoms with van der Waals surface area (Å²) in [5, 5.41) is 3.29. The van der Waals surface area contributed by atoms with Crippen molar-refractivity contribution in [3.05, 3.63) is 58.9 Å². The number of esters is 1. The van der Waals surface area contributed by atoms with Crippen molar-refractivity contribution in [3.8, 4) is 11.1 Å². The number of carbonyl (C=O) groups is 2. The molecule has 3 N–H and O–H groups in total. The summed E-state index contributed by atoms with van der Waals surface area (Å²) in [4.78, 5) is 24.6. The van der Waals surface area contributed by atoms with Crippen LogP contribution in [0.4, 0.5) is 9.18 Å². The molecule has 0 saturated carbocycles. The lowest BCUT2D eigenvalue weighted by Crippen LogP contribution is -2.43. The highest BCUT2D eigenvalue weighted by Crippen LogP contribution is 2.27. The van der Waals surface area contributed by atoms with E-state index in [1.807, 2.05) is 12.1 Å². The van der Waals surface area contributed by atoms with Gasteiger partial charge in [-0.3, -0.25) is 4.79 Å². The fourth-order valence-corrected chi connectivity index (χ4v) is 3.56. The molecule has 0 heterocycles. The van der Waals surface area contributed by atoms with E-state index in [-0.39, 0.29) is 19.0 Å². The number of rotatable bonds is 9. The molecule has 2 aromatic rings. The second-order valence-electron chi connectivity index (χ2n) is 8.79. The summed E-state index contributed by atoms with van der Waals surface area (Å²) in [5.74, 6) is -1.33. The first-order chi connectivity index (χ1) is 15.5. The molecule has 6 nitrogen and oxygen atoms in total. The average Bonchev–Trinajstić information content (AvgIpc) is 2.73. The van der Waals surface area contributed by atoms with Crippen molar-refractivity contribution in [1.82, 2.24) is 5.32 Å². The van der Waals surface area contributed by atoms with E-state index in [1.54, 1.807) is 45.9 Å². The van der Waals surface area contributed by atoms with Crippen LogP contribution in [0, 0.1) is 11.7 Å². The van der Waals surface area contributed by atoms with Gasteiger partial charge in [-0.15, -0.1) is 0 Å². The number of ether oxygens (including phenoxy) is 2. The van der Waals surface area contributed by atoms with Gasteiger partial charge in [0.25, 0.3) is 0 Å². The van der Waals surface area contributed by atoms with Crippen LogP contribution in [-0.2, 0) is 20.7 Å². The molecular formula is C25H32ClFN2O4. The number of nitrogens with two attached hydrogens (primary N) is 1. The van der Waals surface area contributed by atoms with Gasteiger partial charge in [0.2, 0.25) is 0 Å². The van der Waals surface area contributed by atoms with E-state index in [1.165, 1.54) is 12.1 Å². The second-order valence-corrected chi connectivity index (χ2v) is 9.23. The Morgan fingerprint density at radius 2 is 1.82 bits per heavy atom. The van der Waals surface area contributed by atoms with Crippen LogP contribution >= 0.6 is 11.6 Å². The summed E-state index contributed by atoms with van der Waals surface area (Å²) in [7, 11) is 0. The molecule has 0 radical (unpaired) electrons. The molecule has 0 aromatic heterocycles. The Kier molecular flexibility index (Phi) is 9.68. The van der Waals surface area contributed by atoms with Gasteiger partial charge in [-0.1, -0.05) is 35.9 Å². The normalized spacial score (nSPS) is 13.2. The molecular weight excluding hydrogens is 447 g/mol. The van der Waals surface area contributed by atoms with Crippen LogP contribution in [0.5, 0.6) is 0 Å². The molecule has 0 spiro atoms. The first-order valence-electron chi connectivity index (χ1n) is 10.9. The standard InChI is InChI=1S/C25H32ClFN2O4/c1-5-32-23(30)18(15-28)13-20(29-24(31)33-25(2,3)4)12-16-6-8-17(9-7-16)21-14-19(26)10-11-22(21)27/h6-11,14,18,20H,5,12-13,15,28H2,1-4H3,(H,29,31)/t18-,20+/m0/s1. The topological polar surface area (TPSA) is 90.6 Å². The number of nitrogens with one attached hydrogen (secondary N) is 1. The van der Waals surface area contributed by atoms with Crippen LogP contribution in [0.3, 0.4) is 0 Å². The second kappa shape index (κ2) is 12.0. The molecule has 8 heteroatoms. The van der Waals surface area contributed by atoms with Gasteiger partial charge in [0.15, 0.2) is 0 Å². The number of hydrogen-bond donors (Lipinski definition) is 2. The van der Waals surface area contributed by atoms with Crippen molar-refractivity contribution in [2.24, 2.45) is 11.7 Å². The maximum absolute atomic E-state index is 14.2. The Hall–Kier alpha value is -2.64. The highest BCUT2D eigenvalue weighted by Gasteiger charge is 2.26. The third-order valence-corrected chi connectivity index (χ3v) is 5.10. The first-order valence-corrected chi connectivity index (χ1v) is 11.3. The first kappa shape index (κ1) is 26.6. The van der Waals surface area contributed by atoms with Crippen LogP contribution in [0.2, 0.25) is 5.02 Å². The third kappa shape index (κ3) is 8.67. The fraction of sp³-hybridized carbons (Fsp3) is 0.440. The molecule has 0 bridgehead atoms. The fourth-order valence-electron chi connectivity index (χ4n) is 3.38. The minimum Gasteiger partial charge on any atom is -0.466 e. The van der Waals surface area contributed by atoms with Gasteiger partial charge in [-0.25, -0.2) is 9.18 Å². The zero-order valence-corrected chi connectivity index (χ0v) is 20.2. The van der Waals surface area contributed by atoms with E-state index < -0.39 is 29.6 Å². The molecule has 2 aromatic carbocycles. The van der Waals surface area contributed by atoms with Crippen molar-refractivity contribution in [3.63, 3.8) is 0 Å². The molecule has 180 valence electrons. The minimum absolute atomic E-state index is 0.0955. The molecule has 2 atom stereocenters. The third-order valence-electron chi connectivity index (χ3n) is 4.87. The van der Waals surface area contributed by atoms with Crippen molar-refractivity contribution in [2.45, 2.75) is 52.2 Å². The Balaban J connectivity index is 2.20. The van der Waals surface area contributed by atoms with Gasteiger partial charge in [-0.2, -0.15) is 0 Å². The van der Waals surface area contributed by atoms with Crippen LogP contribution in [-0.4, -0.2) is 36.9 Å². The SMILES string of the molecule is CCOC(=O)[C@H](CN)C[C@@H](Cc1ccc(-c2cc(Cl)ccc2F)cc1)NC(=O)OC(C)(C)C. The Bertz CT molecular complexity index is 944. The lowest BCUT2D eigenvalue weighted by atomic mass is 9.94. The number of hydrogen-bond acceptors (Lipinski definition) is 5. The summed E-state index contributed by atoms with van der Waals surface area (Å²) in [6.45, 7) is 7.40. The molecule has 0 aliphatic rings. The largest absolute Gasteiger partial charge is 0.466 e. The van der Waals surface area contributed by atoms with Crippen molar-refractivity contribution < 1.29 is 23.5 Å². The van der Waals surface area contributed by atoms with Gasteiger partial charge in [0.1, 0.15) is 11.4 Å². The quantitative estimate of drug-likeness (QED) is 0.489. The van der Waals surface area contributed by atoms with Gasteiger partial charge in [0, 0.05) is 23.2 Å². The smallest absolute Gasteiger partial charge is 0.407 e. The maximum atomic E-state index is 14.2. The van der Waals surface area contributed by atoms with Crippen LogP contribution < -0.4 is 11.1 Å². The van der Waals surface area contributed by atoms with Crippen molar-refractivity contribution >= 4 is 23.7 Å². The Labute approximate surface area is 199 Å². The summed E-state index contributed by atoms with van der Waals surface area (Å²) < 4.78 is 24.7. The van der Waals surface area contributed by atoms with E-state index in [2.05, 4.69) is 5.32 Å². The Morgan fingerprint density at radius 3 is 2.39 bits per heavy atom. The van der Waals surface area contributed by atoms with E-state index in [0.29, 0.717) is 29.0 Å². The number of benzene rings is 2. The van der Waals surface area contributed by atoms with Crippen molar-refractivity contribution in [1.29, 1.82) is 0 Å². The molecule has 0 unspecified atom stereocenters. The zero-order valence-electron chi connectivity index (χ0n) is 19.5. The number of amides is 1. The van der Waals surface area contributed by atoms with E-state index in [0.717, 1.165) is 5.56 Å². The van der Waals surface area contributed by atoms with E-state index in [4.69, 9.17) is 26.8 Å². The molecule has 0 aliphatic heterocycles. The lowest BCUT2D eigenvalue weighted by molar-refractivity contribution is -0.148. The van der Waals surface area contributed by atoms with Crippen LogP contribution in [0.1, 0.15) is 39.7 Å². The molecule has 0 aliphatic carbocycles. The molecule has 0 fully saturated rings. The zero-order chi connectivity index (χ0) is 24.6. The van der Waals surface area contributed by atoms with E-state index >= 15 is 0 Å². The summed E-state index contributed by atoms with van der Waals surface area (Å²) in [5.41, 5.74) is 7.12. The molecule has 33 heavy (non-hydrogen) atoms. The van der Waals surface area contributed by atoms with Gasteiger partial charge >= 0.3 is 12.1 Å². The highest BCUT2D eigenvalue weighted by atomic mass is 35.5. The molecule has 1 amide bonds. The molecule has 0 saturated heterocycles. The Morgan fingerprint density at radius 1 is 1.15 bits per heavy atom. The minimum atomic E-state index is -0.661. The number of carbonyl (C=O) groups excluding carboxylic acids is 2. The maximum Gasteiger partial charge on any atom is 0.407 e. The lowest BCUT2D eigenvalue weighted by Gasteiger charge is -2.26. The van der Waals surface area contributed by atoms with Gasteiger partial charge < -0.3 is 20.5 Å². The molecule has 2 rings (SSSR count). The number of halogens is 2. The van der Waals surface area contributed by atoms with Crippen LogP contribution in [0.15, 0.2) is 42.5 Å². The predicted octanol–water partition coefficient (Wildman–Crippen LogP) is 5.11. The average molecular weight is 479 g/mol. The van der Waals surface area contributed by atoms with Gasteiger partial charge in [0.05, 0.1) is 12.5 Å².